The third-order valence-corrected chi connectivity index (χ3v) is 5.14. The van der Waals surface area contributed by atoms with E-state index in [2.05, 4.69) is 33.0 Å². The second kappa shape index (κ2) is 10.6. The summed E-state index contributed by atoms with van der Waals surface area (Å²) in [7, 11) is 0. The fraction of sp³-hybridized carbons (Fsp3) is 1.00. The van der Waals surface area contributed by atoms with Gasteiger partial charge in [-0.05, 0) is 32.2 Å². The van der Waals surface area contributed by atoms with Gasteiger partial charge < -0.3 is 10.1 Å². The maximum absolute atomic E-state index is 5.90. The Bertz CT molecular complexity index is 254. The molecule has 2 atom stereocenters. The van der Waals surface area contributed by atoms with Crippen molar-refractivity contribution in [2.24, 2.45) is 11.3 Å². The van der Waals surface area contributed by atoms with Crippen LogP contribution in [0.2, 0.25) is 0 Å². The highest BCUT2D eigenvalue weighted by molar-refractivity contribution is 4.91. The Balaban J connectivity index is 2.24. The van der Waals surface area contributed by atoms with Crippen LogP contribution in [0, 0.1) is 11.3 Å². The van der Waals surface area contributed by atoms with Crippen molar-refractivity contribution in [2.45, 2.75) is 91.6 Å². The summed E-state index contributed by atoms with van der Waals surface area (Å²) in [5.74, 6) is 0.734. The number of hydrogen-bond donors (Lipinski definition) is 1. The summed E-state index contributed by atoms with van der Waals surface area (Å²) in [5, 5.41) is 3.69. The van der Waals surface area contributed by atoms with Crippen molar-refractivity contribution in [1.29, 1.82) is 0 Å². The van der Waals surface area contributed by atoms with E-state index in [0.717, 1.165) is 25.6 Å². The molecule has 1 aliphatic heterocycles. The van der Waals surface area contributed by atoms with Gasteiger partial charge in [0.2, 0.25) is 0 Å². The Hall–Kier alpha value is -0.0800. The summed E-state index contributed by atoms with van der Waals surface area (Å²) in [4.78, 5) is 0. The van der Waals surface area contributed by atoms with Crippen LogP contribution in [0.3, 0.4) is 0 Å². The third-order valence-electron chi connectivity index (χ3n) is 5.14. The van der Waals surface area contributed by atoms with Crippen LogP contribution in [0.15, 0.2) is 0 Å². The molecule has 2 nitrogen and oxygen atoms in total. The lowest BCUT2D eigenvalue weighted by atomic mass is 9.76. The average Bonchev–Trinajstić information content (AvgIpc) is 2.79. The van der Waals surface area contributed by atoms with Crippen LogP contribution < -0.4 is 5.32 Å². The first-order chi connectivity index (χ1) is 10.1. The minimum absolute atomic E-state index is 0.401. The molecule has 1 saturated heterocycles. The van der Waals surface area contributed by atoms with E-state index >= 15 is 0 Å². The first-order valence-corrected chi connectivity index (χ1v) is 9.43. The van der Waals surface area contributed by atoms with Crippen molar-refractivity contribution in [1.82, 2.24) is 5.32 Å². The minimum Gasteiger partial charge on any atom is -0.378 e. The van der Waals surface area contributed by atoms with E-state index in [0.29, 0.717) is 11.5 Å². The molecule has 126 valence electrons. The smallest absolute Gasteiger partial charge is 0.0616 e. The van der Waals surface area contributed by atoms with E-state index in [1.54, 1.807) is 0 Å². The highest BCUT2D eigenvalue weighted by atomic mass is 16.5. The Morgan fingerprint density at radius 1 is 1.10 bits per heavy atom. The van der Waals surface area contributed by atoms with Gasteiger partial charge in [-0.1, -0.05) is 65.7 Å². The van der Waals surface area contributed by atoms with Gasteiger partial charge in [-0.3, -0.25) is 0 Å². The van der Waals surface area contributed by atoms with Crippen molar-refractivity contribution < 1.29 is 4.74 Å². The zero-order valence-corrected chi connectivity index (χ0v) is 15.0. The SMILES string of the molecule is CCCCCCCCCC1(CNCC(C)C)CCOC1C. The Labute approximate surface area is 133 Å². The second-order valence-corrected chi connectivity index (χ2v) is 7.52. The molecule has 0 spiro atoms. The third kappa shape index (κ3) is 7.15. The summed E-state index contributed by atoms with van der Waals surface area (Å²) in [5.41, 5.74) is 0.401. The predicted octanol–water partition coefficient (Wildman–Crippen LogP) is 5.17. The van der Waals surface area contributed by atoms with Gasteiger partial charge in [0.25, 0.3) is 0 Å². The first-order valence-electron chi connectivity index (χ1n) is 9.43. The minimum atomic E-state index is 0.401. The van der Waals surface area contributed by atoms with Gasteiger partial charge in [-0.15, -0.1) is 0 Å². The fourth-order valence-corrected chi connectivity index (χ4v) is 3.51. The molecule has 1 rings (SSSR count). The van der Waals surface area contributed by atoms with Crippen molar-refractivity contribution in [3.05, 3.63) is 0 Å². The summed E-state index contributed by atoms with van der Waals surface area (Å²) < 4.78 is 5.90. The molecule has 1 heterocycles. The van der Waals surface area contributed by atoms with Crippen LogP contribution in [-0.4, -0.2) is 25.8 Å². The maximum atomic E-state index is 5.90. The van der Waals surface area contributed by atoms with Crippen molar-refractivity contribution in [2.75, 3.05) is 19.7 Å². The van der Waals surface area contributed by atoms with E-state index in [4.69, 9.17) is 4.74 Å². The zero-order chi connectivity index (χ0) is 15.6. The highest BCUT2D eigenvalue weighted by Gasteiger charge is 2.40. The summed E-state index contributed by atoms with van der Waals surface area (Å²) in [6.45, 7) is 12.4. The zero-order valence-electron chi connectivity index (χ0n) is 15.0. The molecule has 2 heteroatoms. The van der Waals surface area contributed by atoms with Gasteiger partial charge in [-0.2, -0.15) is 0 Å². The lowest BCUT2D eigenvalue weighted by Gasteiger charge is -2.33. The average molecular weight is 298 g/mol. The molecule has 0 aromatic heterocycles. The number of ether oxygens (including phenoxy) is 1. The molecule has 1 aliphatic rings. The molecule has 0 amide bonds. The van der Waals surface area contributed by atoms with Crippen LogP contribution in [-0.2, 0) is 4.74 Å². The molecule has 0 aromatic rings. The van der Waals surface area contributed by atoms with Gasteiger partial charge in [0.05, 0.1) is 6.10 Å². The van der Waals surface area contributed by atoms with Crippen LogP contribution >= 0.6 is 0 Å². The Morgan fingerprint density at radius 3 is 2.33 bits per heavy atom. The molecule has 0 saturated carbocycles. The van der Waals surface area contributed by atoms with E-state index in [1.807, 2.05) is 0 Å². The monoisotopic (exact) mass is 297 g/mol. The number of rotatable bonds is 12. The predicted molar refractivity (Wildman–Crippen MR) is 92.8 cm³/mol. The Morgan fingerprint density at radius 2 is 1.76 bits per heavy atom. The van der Waals surface area contributed by atoms with Crippen molar-refractivity contribution >= 4 is 0 Å². The van der Waals surface area contributed by atoms with Gasteiger partial charge in [0, 0.05) is 18.6 Å². The normalized spacial score (nSPS) is 25.9. The van der Waals surface area contributed by atoms with E-state index in [-0.39, 0.29) is 0 Å². The molecule has 0 radical (unpaired) electrons. The molecule has 0 aromatic carbocycles. The fourth-order valence-electron chi connectivity index (χ4n) is 3.51. The van der Waals surface area contributed by atoms with Gasteiger partial charge in [0.15, 0.2) is 0 Å². The van der Waals surface area contributed by atoms with Gasteiger partial charge in [0.1, 0.15) is 0 Å². The molecule has 0 bridgehead atoms. The largest absolute Gasteiger partial charge is 0.378 e. The first kappa shape index (κ1) is 19.0. The van der Waals surface area contributed by atoms with Gasteiger partial charge >= 0.3 is 0 Å². The number of unbranched alkanes of at least 4 members (excludes halogenated alkanes) is 6. The maximum Gasteiger partial charge on any atom is 0.0616 e. The van der Waals surface area contributed by atoms with E-state index in [9.17, 15) is 0 Å². The Kier molecular flexibility index (Phi) is 9.59. The van der Waals surface area contributed by atoms with Crippen molar-refractivity contribution in [3.63, 3.8) is 0 Å². The second-order valence-electron chi connectivity index (χ2n) is 7.52. The van der Waals surface area contributed by atoms with Crippen LogP contribution in [0.5, 0.6) is 0 Å². The molecule has 2 unspecified atom stereocenters. The molecular weight excluding hydrogens is 258 g/mol. The molecule has 21 heavy (non-hydrogen) atoms. The van der Waals surface area contributed by atoms with Crippen molar-refractivity contribution in [3.8, 4) is 0 Å². The van der Waals surface area contributed by atoms with Crippen LogP contribution in [0.1, 0.15) is 85.5 Å². The van der Waals surface area contributed by atoms with Crippen LogP contribution in [0.4, 0.5) is 0 Å². The molecular formula is C19H39NO. The van der Waals surface area contributed by atoms with Crippen LogP contribution in [0.25, 0.3) is 0 Å². The topological polar surface area (TPSA) is 21.3 Å². The number of nitrogens with one attached hydrogen (secondary N) is 1. The quantitative estimate of drug-likeness (QED) is 0.502. The summed E-state index contributed by atoms with van der Waals surface area (Å²) >= 11 is 0. The summed E-state index contributed by atoms with van der Waals surface area (Å²) in [6, 6.07) is 0. The standard InChI is InChI=1S/C19H39NO/c1-5-6-7-8-9-10-11-12-19(13-14-21-18(19)4)16-20-15-17(2)3/h17-18,20H,5-16H2,1-4H3. The number of hydrogen-bond acceptors (Lipinski definition) is 2. The molecule has 1 N–H and O–H groups in total. The molecule has 0 aliphatic carbocycles. The highest BCUT2D eigenvalue weighted by Crippen LogP contribution is 2.39. The molecule has 1 fully saturated rings. The lowest BCUT2D eigenvalue weighted by molar-refractivity contribution is 0.0566. The lowest BCUT2D eigenvalue weighted by Crippen LogP contribution is -2.40. The van der Waals surface area contributed by atoms with E-state index < -0.39 is 0 Å². The summed E-state index contributed by atoms with van der Waals surface area (Å²) in [6.07, 6.45) is 12.8. The van der Waals surface area contributed by atoms with Gasteiger partial charge in [-0.25, -0.2) is 0 Å². The van der Waals surface area contributed by atoms with E-state index in [1.165, 1.54) is 57.8 Å².